The predicted molar refractivity (Wildman–Crippen MR) is 116 cm³/mol. The third kappa shape index (κ3) is 16.1. The minimum absolute atomic E-state index is 0.857. The SMILES string of the molecule is CC(C=CC=C(C)C=CC(=O)O)=CC=CC=C(C)/C=C/C=C(/C)C=CC(=O)O. The Bertz CT molecular complexity index is 740. The fourth-order valence-electron chi connectivity index (χ4n) is 1.75. The number of aliphatic carboxylic acids is 2. The van der Waals surface area contributed by atoms with Crippen LogP contribution in [0.2, 0.25) is 0 Å². The van der Waals surface area contributed by atoms with E-state index in [-0.39, 0.29) is 0 Å². The van der Waals surface area contributed by atoms with Gasteiger partial charge in [-0.3, -0.25) is 0 Å². The van der Waals surface area contributed by atoms with Crippen molar-refractivity contribution in [3.63, 3.8) is 0 Å². The number of hydrogen-bond acceptors (Lipinski definition) is 2. The second-order valence-corrected chi connectivity index (χ2v) is 6.09. The summed E-state index contributed by atoms with van der Waals surface area (Å²) in [6.07, 6.45) is 24.5. The second-order valence-electron chi connectivity index (χ2n) is 6.09. The first-order valence-electron chi connectivity index (χ1n) is 8.74. The number of carboxylic acids is 2. The Hall–Kier alpha value is -3.40. The van der Waals surface area contributed by atoms with Gasteiger partial charge in [0.2, 0.25) is 0 Å². The molecule has 0 heterocycles. The highest BCUT2D eigenvalue weighted by Crippen LogP contribution is 2.02. The Morgan fingerprint density at radius 3 is 1.07 bits per heavy atom. The zero-order chi connectivity index (χ0) is 21.4. The lowest BCUT2D eigenvalue weighted by Crippen LogP contribution is -1.85. The van der Waals surface area contributed by atoms with Gasteiger partial charge < -0.3 is 10.2 Å². The average Bonchev–Trinajstić information content (AvgIpc) is 2.61. The molecule has 0 saturated heterocycles. The smallest absolute Gasteiger partial charge is 0.328 e. The molecule has 0 aromatic rings. The van der Waals surface area contributed by atoms with Crippen molar-refractivity contribution in [2.75, 3.05) is 0 Å². The van der Waals surface area contributed by atoms with E-state index < -0.39 is 11.9 Å². The van der Waals surface area contributed by atoms with E-state index >= 15 is 0 Å². The molecule has 28 heavy (non-hydrogen) atoms. The minimum atomic E-state index is -0.961. The molecule has 0 atom stereocenters. The summed E-state index contributed by atoms with van der Waals surface area (Å²) in [5, 5.41) is 17.1. The Morgan fingerprint density at radius 1 is 0.464 bits per heavy atom. The number of allylic oxidation sites excluding steroid dienone is 16. The van der Waals surface area contributed by atoms with Gasteiger partial charge in [-0.1, -0.05) is 95.2 Å². The van der Waals surface area contributed by atoms with Crippen molar-refractivity contribution in [3.05, 3.63) is 107 Å². The first-order chi connectivity index (χ1) is 13.2. The van der Waals surface area contributed by atoms with Gasteiger partial charge in [0.15, 0.2) is 0 Å². The summed E-state index contributed by atoms with van der Waals surface area (Å²) in [6, 6.07) is 0. The van der Waals surface area contributed by atoms with Crippen LogP contribution in [0.5, 0.6) is 0 Å². The van der Waals surface area contributed by atoms with Crippen LogP contribution in [0.3, 0.4) is 0 Å². The molecule has 0 saturated carbocycles. The van der Waals surface area contributed by atoms with Crippen LogP contribution >= 0.6 is 0 Å². The summed E-state index contributed by atoms with van der Waals surface area (Å²) in [7, 11) is 0. The summed E-state index contributed by atoms with van der Waals surface area (Å²) in [5.74, 6) is -1.92. The van der Waals surface area contributed by atoms with Gasteiger partial charge in [-0.25, -0.2) is 9.59 Å². The van der Waals surface area contributed by atoms with Crippen LogP contribution in [0.25, 0.3) is 0 Å². The van der Waals surface area contributed by atoms with Crippen LogP contribution < -0.4 is 0 Å². The third-order valence-electron chi connectivity index (χ3n) is 3.24. The number of hydrogen-bond donors (Lipinski definition) is 2. The molecule has 0 aromatic carbocycles. The molecular formula is C24H28O4. The van der Waals surface area contributed by atoms with Gasteiger partial charge in [0, 0.05) is 12.2 Å². The molecule has 0 rings (SSSR count). The van der Waals surface area contributed by atoms with Crippen molar-refractivity contribution in [2.24, 2.45) is 0 Å². The number of rotatable bonds is 10. The molecule has 0 aliphatic rings. The van der Waals surface area contributed by atoms with Gasteiger partial charge in [-0.2, -0.15) is 0 Å². The lowest BCUT2D eigenvalue weighted by Gasteiger charge is -1.90. The average molecular weight is 380 g/mol. The monoisotopic (exact) mass is 380 g/mol. The topological polar surface area (TPSA) is 74.6 Å². The zero-order valence-corrected chi connectivity index (χ0v) is 16.8. The zero-order valence-electron chi connectivity index (χ0n) is 16.8. The molecule has 4 heteroatoms. The molecule has 4 nitrogen and oxygen atoms in total. The van der Waals surface area contributed by atoms with E-state index in [1.54, 1.807) is 12.2 Å². The number of carbonyl (C=O) groups is 2. The summed E-state index contributed by atoms with van der Waals surface area (Å²) in [5.41, 5.74) is 3.84. The van der Waals surface area contributed by atoms with E-state index in [4.69, 9.17) is 10.2 Å². The lowest BCUT2D eigenvalue weighted by atomic mass is 10.2. The fourth-order valence-corrected chi connectivity index (χ4v) is 1.75. The standard InChI is InChI=1S/C24H28O4/c1-19(11-7-13-21(3)15-17-23(25)26)9-5-6-10-20(2)12-8-14-22(4)16-18-24(27)28/h5-18H,1-4H3,(H,25,26)(H,27,28)/b6-5?,11-7+,12-8?,17-15?,18-16?,19-9?,20-10?,21-13-,22-14?. The van der Waals surface area contributed by atoms with Crippen molar-refractivity contribution < 1.29 is 19.8 Å². The van der Waals surface area contributed by atoms with Crippen LogP contribution in [0, 0.1) is 0 Å². The van der Waals surface area contributed by atoms with Crippen molar-refractivity contribution in [1.29, 1.82) is 0 Å². The van der Waals surface area contributed by atoms with Gasteiger partial charge in [0.1, 0.15) is 0 Å². The maximum absolute atomic E-state index is 10.4. The highest BCUT2D eigenvalue weighted by molar-refractivity contribution is 5.80. The van der Waals surface area contributed by atoms with E-state index in [1.165, 1.54) is 0 Å². The van der Waals surface area contributed by atoms with Gasteiger partial charge >= 0.3 is 11.9 Å². The van der Waals surface area contributed by atoms with Gasteiger partial charge in [0.05, 0.1) is 0 Å². The molecular weight excluding hydrogens is 352 g/mol. The van der Waals surface area contributed by atoms with Gasteiger partial charge in [0.25, 0.3) is 0 Å². The maximum atomic E-state index is 10.4. The Kier molecular flexibility index (Phi) is 12.9. The molecule has 0 bridgehead atoms. The molecule has 0 radical (unpaired) electrons. The van der Waals surface area contributed by atoms with E-state index in [9.17, 15) is 9.59 Å². The molecule has 2 N–H and O–H groups in total. The van der Waals surface area contributed by atoms with Crippen molar-refractivity contribution in [1.82, 2.24) is 0 Å². The molecule has 0 unspecified atom stereocenters. The lowest BCUT2D eigenvalue weighted by molar-refractivity contribution is -0.132. The van der Waals surface area contributed by atoms with Gasteiger partial charge in [-0.15, -0.1) is 0 Å². The third-order valence-corrected chi connectivity index (χ3v) is 3.24. The maximum Gasteiger partial charge on any atom is 0.328 e. The molecule has 0 fully saturated rings. The molecule has 0 amide bonds. The van der Waals surface area contributed by atoms with E-state index in [1.807, 2.05) is 88.5 Å². The summed E-state index contributed by atoms with van der Waals surface area (Å²) in [4.78, 5) is 20.9. The Labute approximate surface area is 167 Å². The fraction of sp³-hybridized carbons (Fsp3) is 0.167. The quantitative estimate of drug-likeness (QED) is 0.375. The van der Waals surface area contributed by atoms with Crippen LogP contribution in [-0.2, 0) is 9.59 Å². The Balaban J connectivity index is 4.66. The molecule has 148 valence electrons. The number of carboxylic acid groups (broad SMARTS) is 2. The van der Waals surface area contributed by atoms with Gasteiger partial charge in [-0.05, 0) is 27.7 Å². The van der Waals surface area contributed by atoms with Crippen LogP contribution in [0.4, 0.5) is 0 Å². The van der Waals surface area contributed by atoms with Crippen molar-refractivity contribution >= 4 is 11.9 Å². The van der Waals surface area contributed by atoms with Crippen LogP contribution in [0.1, 0.15) is 27.7 Å². The molecule has 0 aliphatic heterocycles. The second kappa shape index (κ2) is 14.7. The Morgan fingerprint density at radius 2 is 0.750 bits per heavy atom. The first-order valence-corrected chi connectivity index (χ1v) is 8.74. The normalized spacial score (nSPS) is 15.1. The largest absolute Gasteiger partial charge is 0.478 e. The van der Waals surface area contributed by atoms with E-state index in [0.29, 0.717) is 0 Å². The first kappa shape index (κ1) is 24.6. The molecule has 0 aliphatic carbocycles. The van der Waals surface area contributed by atoms with Crippen molar-refractivity contribution in [2.45, 2.75) is 27.7 Å². The predicted octanol–water partition coefficient (Wildman–Crippen LogP) is 5.72. The molecule has 0 spiro atoms. The van der Waals surface area contributed by atoms with Crippen LogP contribution in [-0.4, -0.2) is 22.2 Å². The van der Waals surface area contributed by atoms with Crippen molar-refractivity contribution in [3.8, 4) is 0 Å². The minimum Gasteiger partial charge on any atom is -0.478 e. The summed E-state index contributed by atoms with van der Waals surface area (Å²) in [6.45, 7) is 7.63. The van der Waals surface area contributed by atoms with Crippen LogP contribution in [0.15, 0.2) is 107 Å². The molecule has 0 aromatic heterocycles. The van der Waals surface area contributed by atoms with E-state index in [2.05, 4.69) is 0 Å². The summed E-state index contributed by atoms with van der Waals surface area (Å²) >= 11 is 0. The highest BCUT2D eigenvalue weighted by atomic mass is 16.4. The van der Waals surface area contributed by atoms with E-state index in [0.717, 1.165) is 34.4 Å². The highest BCUT2D eigenvalue weighted by Gasteiger charge is 1.86. The summed E-state index contributed by atoms with van der Waals surface area (Å²) < 4.78 is 0.